The van der Waals surface area contributed by atoms with Gasteiger partial charge in [0.25, 0.3) is 5.91 Å². The number of nitrogens with one attached hydrogen (secondary N) is 2. The minimum absolute atomic E-state index is 0.00272. The van der Waals surface area contributed by atoms with Gasteiger partial charge in [-0.3, -0.25) is 19.3 Å². The highest BCUT2D eigenvalue weighted by Gasteiger charge is 2.73. The van der Waals surface area contributed by atoms with E-state index in [2.05, 4.69) is 20.6 Å². The lowest BCUT2D eigenvalue weighted by atomic mass is 9.85. The number of imide groups is 1. The number of carbonyl (C=O) groups is 3. The number of nitrogens with zero attached hydrogens (tertiary/aromatic N) is 4. The number of amides is 3. The molecule has 14 nitrogen and oxygen atoms in total. The summed E-state index contributed by atoms with van der Waals surface area (Å²) in [5.74, 6) is -3.63. The van der Waals surface area contributed by atoms with Gasteiger partial charge in [-0.05, 0) is 19.1 Å². The maximum Gasteiger partial charge on any atom is 0.287 e. The molecule has 33 heavy (non-hydrogen) atoms. The molecule has 4 atom stereocenters. The number of guanidine groups is 2. The number of hydrogen-bond acceptors (Lipinski definition) is 12. The van der Waals surface area contributed by atoms with E-state index in [-0.39, 0.29) is 55.4 Å². The lowest BCUT2D eigenvalue weighted by Gasteiger charge is -2.49. The maximum atomic E-state index is 12.6. The molecule has 1 aromatic heterocycles. The number of hydrogen-bond donors (Lipinski definition) is 6. The number of aryl methyl sites for hydroxylation is 1. The van der Waals surface area contributed by atoms with Crippen LogP contribution < -0.4 is 22.1 Å². The highest BCUT2D eigenvalue weighted by atomic mass is 16.5. The van der Waals surface area contributed by atoms with E-state index in [0.29, 0.717) is 5.76 Å². The quantitative estimate of drug-likeness (QED) is 0.193. The molecule has 8 N–H and O–H groups in total. The van der Waals surface area contributed by atoms with Crippen LogP contribution in [0.25, 0.3) is 0 Å². The van der Waals surface area contributed by atoms with Gasteiger partial charge in [0.1, 0.15) is 17.8 Å². The van der Waals surface area contributed by atoms with Crippen molar-refractivity contribution in [3.63, 3.8) is 0 Å². The second-order valence-corrected chi connectivity index (χ2v) is 8.58. The van der Waals surface area contributed by atoms with Crippen LogP contribution in [-0.4, -0.2) is 92.3 Å². The molecule has 2 unspecified atom stereocenters. The topological polar surface area (TPSA) is 212 Å². The van der Waals surface area contributed by atoms with Crippen molar-refractivity contribution in [2.75, 3.05) is 13.1 Å². The number of furan rings is 1. The van der Waals surface area contributed by atoms with E-state index in [1.165, 1.54) is 11.0 Å². The Labute approximate surface area is 187 Å². The number of aliphatic hydroxyl groups is 2. The summed E-state index contributed by atoms with van der Waals surface area (Å²) in [4.78, 5) is 48.1. The van der Waals surface area contributed by atoms with E-state index < -0.39 is 35.5 Å². The number of likely N-dealkylation sites (tertiary alicyclic amines) is 1. The maximum absolute atomic E-state index is 12.6. The summed E-state index contributed by atoms with van der Waals surface area (Å²) in [5.41, 5.74) is 10.3. The molecule has 1 aromatic rings. The molecule has 1 spiro atoms. The number of carbonyl (C=O) groups excluding carboxylic acids is 3. The minimum Gasteiger partial charge on any atom is -0.456 e. The highest BCUT2D eigenvalue weighted by molar-refractivity contribution is 6.02. The molecule has 3 amide bonds. The van der Waals surface area contributed by atoms with Gasteiger partial charge in [0.05, 0.1) is 12.6 Å². The largest absolute Gasteiger partial charge is 0.456 e. The number of nitrogens with two attached hydrogens (primary N) is 2. The monoisotopic (exact) mass is 460 g/mol. The average Bonchev–Trinajstić information content (AvgIpc) is 3.46. The Kier molecular flexibility index (Phi) is 4.45. The lowest BCUT2D eigenvalue weighted by Crippen LogP contribution is -2.78. The predicted molar refractivity (Wildman–Crippen MR) is 111 cm³/mol. The molecule has 4 aliphatic heterocycles. The second kappa shape index (κ2) is 6.92. The molecule has 0 bridgehead atoms. The van der Waals surface area contributed by atoms with Crippen molar-refractivity contribution in [3.05, 3.63) is 23.7 Å². The first-order valence-electron chi connectivity index (χ1n) is 10.4. The summed E-state index contributed by atoms with van der Waals surface area (Å²) >= 11 is 0. The van der Waals surface area contributed by atoms with Gasteiger partial charge in [0.15, 0.2) is 23.3 Å². The van der Waals surface area contributed by atoms with Crippen molar-refractivity contribution in [2.24, 2.45) is 21.5 Å². The van der Waals surface area contributed by atoms with Crippen LogP contribution in [0.1, 0.15) is 29.2 Å². The van der Waals surface area contributed by atoms with Crippen LogP contribution >= 0.6 is 0 Å². The zero-order valence-corrected chi connectivity index (χ0v) is 17.7. The first-order valence-corrected chi connectivity index (χ1v) is 10.4. The van der Waals surface area contributed by atoms with Crippen molar-refractivity contribution < 1.29 is 29.0 Å². The van der Waals surface area contributed by atoms with Gasteiger partial charge < -0.3 is 41.6 Å². The van der Waals surface area contributed by atoms with Gasteiger partial charge in [-0.2, -0.15) is 0 Å². The van der Waals surface area contributed by atoms with Gasteiger partial charge in [0.2, 0.25) is 17.6 Å². The standard InChI is InChI=1S/C19H24N8O6/c1-8-2-3-10(33-8)15(30)23-11-7-27-17(21)22-9(6-26-12(28)4-5-13(26)29)14-18(27,19(11,31)32)25-16(20)24-14/h2-3,9,11,14,31-32H,4-7H2,1H3,(H2,21,22)(H,23,30)(H3,20,24,25)/t9?,11?,14-,18-/m0/s1. The van der Waals surface area contributed by atoms with Crippen molar-refractivity contribution >= 4 is 29.6 Å². The minimum atomic E-state index is -2.63. The average molecular weight is 460 g/mol. The molecule has 0 saturated carbocycles. The van der Waals surface area contributed by atoms with Gasteiger partial charge in [-0.1, -0.05) is 0 Å². The fourth-order valence-corrected chi connectivity index (χ4v) is 5.03. The lowest BCUT2D eigenvalue weighted by molar-refractivity contribution is -0.230. The Morgan fingerprint density at radius 3 is 2.61 bits per heavy atom. The van der Waals surface area contributed by atoms with E-state index in [4.69, 9.17) is 15.9 Å². The third kappa shape index (κ3) is 2.90. The molecule has 4 aliphatic rings. The molecule has 176 valence electrons. The first kappa shape index (κ1) is 21.2. The van der Waals surface area contributed by atoms with Crippen LogP contribution in [0.5, 0.6) is 0 Å². The molecular formula is C19H24N8O6. The summed E-state index contributed by atoms with van der Waals surface area (Å²) in [6.07, 6.45) is 0.196. The number of aliphatic imine (C=N–C) groups is 2. The molecule has 2 saturated heterocycles. The predicted octanol–water partition coefficient (Wildman–Crippen LogP) is -3.49. The van der Waals surface area contributed by atoms with E-state index in [1.54, 1.807) is 13.0 Å². The van der Waals surface area contributed by atoms with Crippen LogP contribution in [0, 0.1) is 6.92 Å². The molecule has 0 aromatic carbocycles. The molecule has 5 heterocycles. The molecule has 0 radical (unpaired) electrons. The smallest absolute Gasteiger partial charge is 0.287 e. The third-order valence-corrected chi connectivity index (χ3v) is 6.60. The van der Waals surface area contributed by atoms with Crippen LogP contribution in [0.15, 0.2) is 26.5 Å². The molecule has 0 aliphatic carbocycles. The fourth-order valence-electron chi connectivity index (χ4n) is 5.03. The van der Waals surface area contributed by atoms with Gasteiger partial charge in [-0.25, -0.2) is 9.98 Å². The normalized spacial score (nSPS) is 32.3. The van der Waals surface area contributed by atoms with Crippen molar-refractivity contribution in [1.29, 1.82) is 0 Å². The Morgan fingerprint density at radius 1 is 1.27 bits per heavy atom. The third-order valence-electron chi connectivity index (χ3n) is 6.60. The zero-order chi connectivity index (χ0) is 23.7. The van der Waals surface area contributed by atoms with Gasteiger partial charge in [0, 0.05) is 19.4 Å². The van der Waals surface area contributed by atoms with Crippen LogP contribution in [0.4, 0.5) is 0 Å². The summed E-state index contributed by atoms with van der Waals surface area (Å²) in [6.45, 7) is 1.40. The Hall–Kier alpha value is -3.65. The van der Waals surface area contributed by atoms with Gasteiger partial charge >= 0.3 is 0 Å². The summed E-state index contributed by atoms with van der Waals surface area (Å²) in [6, 6.07) is -0.0740. The fraction of sp³-hybridized carbons (Fsp3) is 0.526. The highest BCUT2D eigenvalue weighted by Crippen LogP contribution is 2.45. The molecule has 2 fully saturated rings. The van der Waals surface area contributed by atoms with Crippen molar-refractivity contribution in [2.45, 2.75) is 49.3 Å². The van der Waals surface area contributed by atoms with Crippen molar-refractivity contribution in [3.8, 4) is 0 Å². The second-order valence-electron chi connectivity index (χ2n) is 8.58. The first-order chi connectivity index (χ1) is 15.5. The Bertz CT molecular complexity index is 1100. The van der Waals surface area contributed by atoms with Crippen LogP contribution in [-0.2, 0) is 9.59 Å². The number of rotatable bonds is 4. The van der Waals surface area contributed by atoms with Crippen molar-refractivity contribution in [1.82, 2.24) is 20.4 Å². The molecular weight excluding hydrogens is 436 g/mol. The van der Waals surface area contributed by atoms with Gasteiger partial charge in [-0.15, -0.1) is 0 Å². The van der Waals surface area contributed by atoms with E-state index in [1.807, 2.05) is 0 Å². The summed E-state index contributed by atoms with van der Waals surface area (Å²) < 4.78 is 5.31. The summed E-state index contributed by atoms with van der Waals surface area (Å²) in [7, 11) is 0. The Balaban J connectivity index is 1.47. The van der Waals surface area contributed by atoms with E-state index >= 15 is 0 Å². The van der Waals surface area contributed by atoms with E-state index in [9.17, 15) is 24.6 Å². The zero-order valence-electron chi connectivity index (χ0n) is 17.7. The Morgan fingerprint density at radius 2 is 1.97 bits per heavy atom. The SMILES string of the molecule is Cc1ccc(C(=O)NC2CN3C(N)=NC(CN4C(=O)CCC4=O)[C@@H]4N=C(N)N[C@@]43C2(O)O)o1. The van der Waals surface area contributed by atoms with E-state index in [0.717, 1.165) is 4.90 Å². The molecule has 14 heteroatoms. The molecule has 5 rings (SSSR count). The van der Waals surface area contributed by atoms with Crippen LogP contribution in [0.2, 0.25) is 0 Å². The van der Waals surface area contributed by atoms with Crippen LogP contribution in [0.3, 0.4) is 0 Å². The summed E-state index contributed by atoms with van der Waals surface area (Å²) in [5, 5.41) is 28.1.